The smallest absolute Gasteiger partial charge is 0.220 e. The van der Waals surface area contributed by atoms with Crippen molar-refractivity contribution in [2.24, 2.45) is 0 Å². The molecule has 0 unspecified atom stereocenters. The fourth-order valence-electron chi connectivity index (χ4n) is 1.39. The lowest BCUT2D eigenvalue weighted by atomic mass is 10.1. The summed E-state index contributed by atoms with van der Waals surface area (Å²) in [6, 6.07) is 0. The number of carbonyl (C=O) groups excluding carboxylic acids is 2. The Labute approximate surface area is 95.9 Å². The molecule has 1 rings (SSSR count). The largest absolute Gasteiger partial charge is 0.359 e. The monoisotopic (exact) mass is 219 g/mol. The Morgan fingerprint density at radius 1 is 1.38 bits per heavy atom. The topological polar surface area (TPSA) is 46.2 Å². The van der Waals surface area contributed by atoms with Gasteiger partial charge in [0.2, 0.25) is 5.91 Å². The highest BCUT2D eigenvalue weighted by atomic mass is 16.1. The van der Waals surface area contributed by atoms with Crippen LogP contribution in [0.1, 0.15) is 25.7 Å². The predicted octanol–water partition coefficient (Wildman–Crippen LogP) is 1.91. The van der Waals surface area contributed by atoms with E-state index < -0.39 is 0 Å². The van der Waals surface area contributed by atoms with Gasteiger partial charge in [0, 0.05) is 19.9 Å². The minimum atomic E-state index is -0.0986. The summed E-state index contributed by atoms with van der Waals surface area (Å²) in [5.41, 5.74) is 1.07. The molecular formula is C13H17NO2. The number of nitrogens with one attached hydrogen (secondary N) is 1. The van der Waals surface area contributed by atoms with Crippen molar-refractivity contribution in [3.63, 3.8) is 0 Å². The Morgan fingerprint density at radius 3 is 2.81 bits per heavy atom. The van der Waals surface area contributed by atoms with Crippen LogP contribution in [0.3, 0.4) is 0 Å². The number of carbonyl (C=O) groups is 2. The van der Waals surface area contributed by atoms with Crippen LogP contribution in [-0.4, -0.2) is 18.7 Å². The van der Waals surface area contributed by atoms with Crippen molar-refractivity contribution in [3.05, 3.63) is 36.0 Å². The molecule has 0 aromatic carbocycles. The first kappa shape index (κ1) is 12.4. The van der Waals surface area contributed by atoms with Gasteiger partial charge in [-0.3, -0.25) is 9.59 Å². The van der Waals surface area contributed by atoms with E-state index in [1.54, 1.807) is 13.1 Å². The summed E-state index contributed by atoms with van der Waals surface area (Å²) in [6.45, 7) is 0. The summed E-state index contributed by atoms with van der Waals surface area (Å²) in [5.74, 6) is -0.109. The summed E-state index contributed by atoms with van der Waals surface area (Å²) in [4.78, 5) is 22.3. The van der Waals surface area contributed by atoms with Crippen LogP contribution >= 0.6 is 0 Å². The van der Waals surface area contributed by atoms with Crippen LogP contribution < -0.4 is 5.32 Å². The highest BCUT2D eigenvalue weighted by Crippen LogP contribution is 2.10. The van der Waals surface area contributed by atoms with Gasteiger partial charge in [0.25, 0.3) is 0 Å². The van der Waals surface area contributed by atoms with Crippen molar-refractivity contribution in [1.29, 1.82) is 0 Å². The molecule has 86 valence electrons. The van der Waals surface area contributed by atoms with Crippen LogP contribution in [0.2, 0.25) is 0 Å². The second kappa shape index (κ2) is 6.77. The van der Waals surface area contributed by atoms with E-state index in [9.17, 15) is 9.59 Å². The summed E-state index contributed by atoms with van der Waals surface area (Å²) >= 11 is 0. The van der Waals surface area contributed by atoms with Crippen LogP contribution in [0.15, 0.2) is 36.0 Å². The van der Waals surface area contributed by atoms with E-state index in [0.717, 1.165) is 18.4 Å². The molecule has 3 nitrogen and oxygen atoms in total. The summed E-state index contributed by atoms with van der Waals surface area (Å²) in [6.07, 6.45) is 12.2. The van der Waals surface area contributed by atoms with Crippen LogP contribution in [-0.2, 0) is 9.59 Å². The molecule has 0 heterocycles. The molecule has 16 heavy (non-hydrogen) atoms. The Kier molecular flexibility index (Phi) is 5.26. The molecule has 0 bridgehead atoms. The minimum absolute atomic E-state index is 0.0107. The van der Waals surface area contributed by atoms with Gasteiger partial charge in [0.1, 0.15) is 0 Å². The van der Waals surface area contributed by atoms with Gasteiger partial charge in [-0.15, -0.1) is 0 Å². The molecule has 0 spiro atoms. The van der Waals surface area contributed by atoms with Gasteiger partial charge in [0.15, 0.2) is 5.78 Å². The first-order chi connectivity index (χ1) is 7.72. The minimum Gasteiger partial charge on any atom is -0.359 e. The van der Waals surface area contributed by atoms with Gasteiger partial charge in [-0.05, 0) is 24.5 Å². The fourth-order valence-corrected chi connectivity index (χ4v) is 1.39. The lowest BCUT2D eigenvalue weighted by Gasteiger charge is -2.00. The van der Waals surface area contributed by atoms with Crippen molar-refractivity contribution in [2.45, 2.75) is 25.7 Å². The molecular weight excluding hydrogens is 202 g/mol. The lowest BCUT2D eigenvalue weighted by Crippen LogP contribution is -2.18. The van der Waals surface area contributed by atoms with E-state index in [1.807, 2.05) is 12.2 Å². The van der Waals surface area contributed by atoms with Gasteiger partial charge < -0.3 is 5.32 Å². The molecule has 1 aliphatic carbocycles. The predicted molar refractivity (Wildman–Crippen MR) is 63.9 cm³/mol. The first-order valence-corrected chi connectivity index (χ1v) is 5.50. The van der Waals surface area contributed by atoms with E-state index in [2.05, 4.69) is 17.5 Å². The molecule has 0 aliphatic heterocycles. The zero-order chi connectivity index (χ0) is 11.8. The molecule has 0 atom stereocenters. The molecule has 0 radical (unpaired) electrons. The van der Waals surface area contributed by atoms with E-state index in [-0.39, 0.29) is 24.5 Å². The van der Waals surface area contributed by atoms with Crippen molar-refractivity contribution < 1.29 is 9.59 Å². The summed E-state index contributed by atoms with van der Waals surface area (Å²) in [7, 11) is 1.57. The van der Waals surface area contributed by atoms with Gasteiger partial charge in [-0.25, -0.2) is 0 Å². The maximum Gasteiger partial charge on any atom is 0.220 e. The number of rotatable bonds is 5. The molecule has 3 heteroatoms. The third-order valence-corrected chi connectivity index (χ3v) is 2.36. The zero-order valence-electron chi connectivity index (χ0n) is 9.53. The number of ketones is 1. The molecule has 1 aliphatic rings. The number of amides is 1. The average molecular weight is 219 g/mol. The molecule has 0 saturated carbocycles. The maximum atomic E-state index is 11.4. The maximum absolute atomic E-state index is 11.4. The van der Waals surface area contributed by atoms with Crippen molar-refractivity contribution in [1.82, 2.24) is 5.32 Å². The molecule has 0 aromatic rings. The average Bonchev–Trinajstić information content (AvgIpc) is 2.34. The van der Waals surface area contributed by atoms with Crippen LogP contribution in [0.4, 0.5) is 0 Å². The van der Waals surface area contributed by atoms with Gasteiger partial charge in [-0.2, -0.15) is 0 Å². The zero-order valence-corrected chi connectivity index (χ0v) is 9.53. The molecule has 0 aromatic heterocycles. The molecule has 1 N–H and O–H groups in total. The van der Waals surface area contributed by atoms with Crippen molar-refractivity contribution in [3.8, 4) is 0 Å². The van der Waals surface area contributed by atoms with Crippen LogP contribution in [0.5, 0.6) is 0 Å². The Hall–Kier alpha value is -1.64. The third-order valence-electron chi connectivity index (χ3n) is 2.36. The molecule has 0 saturated heterocycles. The number of hydrogen-bond acceptors (Lipinski definition) is 2. The van der Waals surface area contributed by atoms with E-state index in [0.29, 0.717) is 0 Å². The lowest BCUT2D eigenvalue weighted by molar-refractivity contribution is -0.123. The van der Waals surface area contributed by atoms with E-state index >= 15 is 0 Å². The quantitative estimate of drug-likeness (QED) is 0.718. The van der Waals surface area contributed by atoms with Crippen LogP contribution in [0, 0.1) is 0 Å². The Morgan fingerprint density at radius 2 is 2.19 bits per heavy atom. The highest BCUT2D eigenvalue weighted by Gasteiger charge is 2.02. The standard InChI is InChI=1S/C13H17NO2/c1-14-13(16)10-9-12(15)8-7-11-5-3-2-4-6-11/h3,5-8H,2,4,9-10H2,1H3,(H,14,16)/b8-7+. The van der Waals surface area contributed by atoms with Gasteiger partial charge in [0.05, 0.1) is 0 Å². The van der Waals surface area contributed by atoms with E-state index in [4.69, 9.17) is 0 Å². The first-order valence-electron chi connectivity index (χ1n) is 5.50. The van der Waals surface area contributed by atoms with Gasteiger partial charge in [-0.1, -0.05) is 24.3 Å². The van der Waals surface area contributed by atoms with Crippen molar-refractivity contribution in [2.75, 3.05) is 7.05 Å². The fraction of sp³-hybridized carbons (Fsp3) is 0.385. The SMILES string of the molecule is CNC(=O)CCC(=O)/C=C/C1=CCCC=C1. The van der Waals surface area contributed by atoms with Gasteiger partial charge >= 0.3 is 0 Å². The Balaban J connectivity index is 2.33. The normalized spacial score (nSPS) is 14.9. The number of hydrogen-bond donors (Lipinski definition) is 1. The molecule has 1 amide bonds. The second-order valence-electron chi connectivity index (χ2n) is 3.66. The third kappa shape index (κ3) is 4.73. The summed E-state index contributed by atoms with van der Waals surface area (Å²) in [5, 5.41) is 2.49. The van der Waals surface area contributed by atoms with E-state index in [1.165, 1.54) is 0 Å². The van der Waals surface area contributed by atoms with Crippen molar-refractivity contribution >= 4 is 11.7 Å². The summed E-state index contributed by atoms with van der Waals surface area (Å²) < 4.78 is 0. The molecule has 0 fully saturated rings. The number of allylic oxidation sites excluding steroid dienone is 6. The van der Waals surface area contributed by atoms with Crippen LogP contribution in [0.25, 0.3) is 0 Å². The Bertz CT molecular complexity index is 351. The highest BCUT2D eigenvalue weighted by molar-refractivity contribution is 5.92. The second-order valence-corrected chi connectivity index (χ2v) is 3.66.